The quantitative estimate of drug-likeness (QED) is 0.660. The van der Waals surface area contributed by atoms with E-state index in [9.17, 15) is 18.0 Å². The summed E-state index contributed by atoms with van der Waals surface area (Å²) in [5, 5.41) is 0. The number of amides is 2. The van der Waals surface area contributed by atoms with Crippen molar-refractivity contribution in [3.8, 4) is 0 Å². The molecule has 0 spiro atoms. The van der Waals surface area contributed by atoms with Crippen LogP contribution in [0.4, 0.5) is 5.69 Å². The number of sulfonamides is 1. The summed E-state index contributed by atoms with van der Waals surface area (Å²) in [6, 6.07) is 12.6. The van der Waals surface area contributed by atoms with Crippen LogP contribution in [0.25, 0.3) is 0 Å². The molecule has 7 nitrogen and oxygen atoms in total. The predicted octanol–water partition coefficient (Wildman–Crippen LogP) is 2.18. The lowest BCUT2D eigenvalue weighted by molar-refractivity contribution is -0.119. The van der Waals surface area contributed by atoms with Crippen LogP contribution in [0.3, 0.4) is 0 Å². The van der Waals surface area contributed by atoms with Crippen LogP contribution >= 0.6 is 0 Å². The van der Waals surface area contributed by atoms with Gasteiger partial charge in [0.25, 0.3) is 5.91 Å². The molecule has 1 heterocycles. The van der Waals surface area contributed by atoms with E-state index in [2.05, 4.69) is 0 Å². The van der Waals surface area contributed by atoms with Gasteiger partial charge in [0.15, 0.2) is 0 Å². The Kier molecular flexibility index (Phi) is 6.45. The molecule has 160 valence electrons. The average Bonchev–Trinajstić information content (AvgIpc) is 2.73. The highest BCUT2D eigenvalue weighted by molar-refractivity contribution is 7.92. The van der Waals surface area contributed by atoms with Crippen molar-refractivity contribution in [3.05, 3.63) is 64.7 Å². The van der Waals surface area contributed by atoms with Crippen LogP contribution < -0.4 is 4.31 Å². The maximum Gasteiger partial charge on any atom is 0.253 e. The van der Waals surface area contributed by atoms with Gasteiger partial charge in [0.2, 0.25) is 16.4 Å². The zero-order valence-electron chi connectivity index (χ0n) is 17.5. The second-order valence-electron chi connectivity index (χ2n) is 7.67. The monoisotopic (exact) mass is 429 g/mol. The molecule has 0 unspecified atom stereocenters. The van der Waals surface area contributed by atoms with Gasteiger partial charge in [0.05, 0.1) is 18.5 Å². The summed E-state index contributed by atoms with van der Waals surface area (Å²) in [7, 11) is -3.47. The number of nitrogens with zero attached hydrogens (tertiary/aromatic N) is 3. The Bertz CT molecular complexity index is 1030. The molecule has 30 heavy (non-hydrogen) atoms. The van der Waals surface area contributed by atoms with Gasteiger partial charge in [0, 0.05) is 31.7 Å². The number of hydrogen-bond acceptors (Lipinski definition) is 4. The van der Waals surface area contributed by atoms with Crippen LogP contribution in [0, 0.1) is 13.8 Å². The van der Waals surface area contributed by atoms with Gasteiger partial charge in [-0.05, 0) is 54.8 Å². The van der Waals surface area contributed by atoms with Crippen molar-refractivity contribution in [1.82, 2.24) is 9.80 Å². The molecular formula is C22H27N3O4S. The van der Waals surface area contributed by atoms with E-state index in [0.29, 0.717) is 37.4 Å². The van der Waals surface area contributed by atoms with Crippen LogP contribution in [0.15, 0.2) is 42.5 Å². The summed E-state index contributed by atoms with van der Waals surface area (Å²) in [6.45, 7) is 6.21. The summed E-state index contributed by atoms with van der Waals surface area (Å²) in [6.07, 6.45) is 2.00. The van der Waals surface area contributed by atoms with Crippen molar-refractivity contribution in [2.45, 2.75) is 20.4 Å². The van der Waals surface area contributed by atoms with E-state index in [1.807, 2.05) is 26.0 Å². The van der Waals surface area contributed by atoms with Gasteiger partial charge in [-0.2, -0.15) is 0 Å². The first-order chi connectivity index (χ1) is 14.2. The van der Waals surface area contributed by atoms with E-state index in [1.54, 1.807) is 40.1 Å². The third-order valence-corrected chi connectivity index (χ3v) is 6.60. The average molecular weight is 430 g/mol. The number of carbonyl (C=O) groups excluding carboxylic acids is 2. The Morgan fingerprint density at radius 2 is 1.63 bits per heavy atom. The van der Waals surface area contributed by atoms with Crippen molar-refractivity contribution in [2.24, 2.45) is 0 Å². The first-order valence-corrected chi connectivity index (χ1v) is 11.7. The molecule has 0 aliphatic carbocycles. The van der Waals surface area contributed by atoms with Crippen LogP contribution in [0.1, 0.15) is 27.0 Å². The summed E-state index contributed by atoms with van der Waals surface area (Å²) in [5.41, 5.74) is 4.09. The SMILES string of the molecule is Cc1ccc(N(Cc2ccc(C(=O)N3CCN(C=O)CC3)cc2)S(C)(=O)=O)cc1C. The molecule has 8 heteroatoms. The highest BCUT2D eigenvalue weighted by Crippen LogP contribution is 2.23. The number of anilines is 1. The number of aryl methyl sites for hydroxylation is 2. The Morgan fingerprint density at radius 3 is 2.17 bits per heavy atom. The molecule has 2 aromatic rings. The topological polar surface area (TPSA) is 78.0 Å². The highest BCUT2D eigenvalue weighted by Gasteiger charge is 2.22. The summed E-state index contributed by atoms with van der Waals surface area (Å²) >= 11 is 0. The molecular weight excluding hydrogens is 402 g/mol. The molecule has 2 amide bonds. The van der Waals surface area contributed by atoms with Crippen LogP contribution in [-0.2, 0) is 21.4 Å². The Labute approximate surface area is 177 Å². The third-order valence-electron chi connectivity index (χ3n) is 5.46. The lowest BCUT2D eigenvalue weighted by Gasteiger charge is -2.32. The molecule has 0 saturated carbocycles. The van der Waals surface area contributed by atoms with Gasteiger partial charge in [-0.15, -0.1) is 0 Å². The minimum atomic E-state index is -3.47. The molecule has 0 aromatic heterocycles. The Morgan fingerprint density at radius 1 is 1.00 bits per heavy atom. The van der Waals surface area contributed by atoms with Crippen molar-refractivity contribution in [2.75, 3.05) is 36.7 Å². The van der Waals surface area contributed by atoms with Gasteiger partial charge in [0.1, 0.15) is 0 Å². The molecule has 1 saturated heterocycles. The van der Waals surface area contributed by atoms with E-state index in [0.717, 1.165) is 23.1 Å². The number of hydrogen-bond donors (Lipinski definition) is 0. The zero-order valence-corrected chi connectivity index (χ0v) is 18.4. The van der Waals surface area contributed by atoms with E-state index in [1.165, 1.54) is 10.6 Å². The fourth-order valence-corrected chi connectivity index (χ4v) is 4.29. The van der Waals surface area contributed by atoms with Crippen LogP contribution in [0.2, 0.25) is 0 Å². The largest absolute Gasteiger partial charge is 0.342 e. The standard InChI is InChI=1S/C22H27N3O4S/c1-17-4-9-21(14-18(17)2)25(30(3,28)29)15-19-5-7-20(8-6-19)22(27)24-12-10-23(16-26)11-13-24/h4-9,14,16H,10-13,15H2,1-3H3. The molecule has 1 fully saturated rings. The molecule has 1 aliphatic heterocycles. The Hall–Kier alpha value is -2.87. The van der Waals surface area contributed by atoms with Gasteiger partial charge in [-0.25, -0.2) is 8.42 Å². The molecule has 0 radical (unpaired) electrons. The molecule has 0 bridgehead atoms. The van der Waals surface area contributed by atoms with Crippen molar-refractivity contribution < 1.29 is 18.0 Å². The first-order valence-electron chi connectivity index (χ1n) is 9.81. The second kappa shape index (κ2) is 8.87. The molecule has 1 aliphatic rings. The molecule has 2 aromatic carbocycles. The number of benzene rings is 2. The normalized spacial score (nSPS) is 14.5. The smallest absolute Gasteiger partial charge is 0.253 e. The fourth-order valence-electron chi connectivity index (χ4n) is 3.41. The predicted molar refractivity (Wildman–Crippen MR) is 117 cm³/mol. The fraction of sp³-hybridized carbons (Fsp3) is 0.364. The van der Waals surface area contributed by atoms with Gasteiger partial charge < -0.3 is 9.80 Å². The van der Waals surface area contributed by atoms with E-state index in [4.69, 9.17) is 0 Å². The number of rotatable bonds is 6. The van der Waals surface area contributed by atoms with E-state index >= 15 is 0 Å². The third kappa shape index (κ3) is 4.99. The minimum absolute atomic E-state index is 0.0822. The molecule has 3 rings (SSSR count). The highest BCUT2D eigenvalue weighted by atomic mass is 32.2. The Balaban J connectivity index is 1.75. The maximum atomic E-state index is 12.7. The maximum absolute atomic E-state index is 12.7. The van der Waals surface area contributed by atoms with Gasteiger partial charge in [-0.3, -0.25) is 13.9 Å². The van der Waals surface area contributed by atoms with E-state index in [-0.39, 0.29) is 12.5 Å². The van der Waals surface area contributed by atoms with E-state index < -0.39 is 10.0 Å². The molecule has 0 N–H and O–H groups in total. The first kappa shape index (κ1) is 21.8. The number of piperazine rings is 1. The van der Waals surface area contributed by atoms with Crippen molar-refractivity contribution in [3.63, 3.8) is 0 Å². The summed E-state index contributed by atoms with van der Waals surface area (Å²) in [5.74, 6) is -0.0822. The zero-order chi connectivity index (χ0) is 21.9. The molecule has 0 atom stereocenters. The second-order valence-corrected chi connectivity index (χ2v) is 9.58. The minimum Gasteiger partial charge on any atom is -0.342 e. The van der Waals surface area contributed by atoms with Gasteiger partial charge in [-0.1, -0.05) is 18.2 Å². The van der Waals surface area contributed by atoms with Crippen LogP contribution in [-0.4, -0.2) is 63.0 Å². The van der Waals surface area contributed by atoms with Crippen LogP contribution in [0.5, 0.6) is 0 Å². The lowest BCUT2D eigenvalue weighted by atomic mass is 10.1. The summed E-state index contributed by atoms with van der Waals surface area (Å²) < 4.78 is 26.2. The van der Waals surface area contributed by atoms with Crippen molar-refractivity contribution in [1.29, 1.82) is 0 Å². The lowest BCUT2D eigenvalue weighted by Crippen LogP contribution is -2.48. The van der Waals surface area contributed by atoms with Crippen molar-refractivity contribution >= 4 is 28.0 Å². The number of carbonyl (C=O) groups is 2. The van der Waals surface area contributed by atoms with Gasteiger partial charge >= 0.3 is 0 Å². The summed E-state index contributed by atoms with van der Waals surface area (Å²) in [4.78, 5) is 26.9.